The number of nitrogens with one attached hydrogen (secondary N) is 2. The van der Waals surface area contributed by atoms with E-state index in [2.05, 4.69) is 39.0 Å². The van der Waals surface area contributed by atoms with Crippen molar-refractivity contribution in [2.24, 2.45) is 0 Å². The Labute approximate surface area is 368 Å². The summed E-state index contributed by atoms with van der Waals surface area (Å²) in [4.78, 5) is 24.3. The molecule has 13 heteroatoms. The number of fused-ring (bicyclic) bond motifs is 5. The summed E-state index contributed by atoms with van der Waals surface area (Å²) in [5.74, 6) is -0.385. The third-order valence-corrected chi connectivity index (χ3v) is 12.2. The van der Waals surface area contributed by atoms with Crippen molar-refractivity contribution in [1.82, 2.24) is 19.4 Å². The number of hydrogen-bond donors (Lipinski definition) is 2. The van der Waals surface area contributed by atoms with Crippen molar-refractivity contribution in [3.63, 3.8) is 0 Å². The fourth-order valence-corrected chi connectivity index (χ4v) is 9.20. The number of rotatable bonds is 0. The fourth-order valence-electron chi connectivity index (χ4n) is 5.38. The van der Waals surface area contributed by atoms with Gasteiger partial charge in [-0.05, 0) is 66.6 Å². The quantitative estimate of drug-likeness (QED) is 0.152. The first-order valence-electron chi connectivity index (χ1n) is 20.7. The van der Waals surface area contributed by atoms with Crippen molar-refractivity contribution in [2.75, 3.05) is 16.8 Å². The topological polar surface area (TPSA) is 143 Å². The summed E-state index contributed by atoms with van der Waals surface area (Å²) in [7, 11) is -6.21. The van der Waals surface area contributed by atoms with Gasteiger partial charge in [-0.15, -0.1) is 0 Å². The average molecular weight is 886 g/mol. The van der Waals surface area contributed by atoms with Crippen LogP contribution in [0.25, 0.3) is 16.7 Å². The number of ketones is 1. The molecular formula is C48H63N5O5S3. The maximum Gasteiger partial charge on any atom is 0.186 e. The minimum absolute atomic E-state index is 0.176. The van der Waals surface area contributed by atoms with E-state index in [0.29, 0.717) is 16.9 Å². The Morgan fingerprint density at radius 1 is 0.639 bits per heavy atom. The second-order valence-corrected chi connectivity index (χ2v) is 16.5. The van der Waals surface area contributed by atoms with Crippen LogP contribution in [0.4, 0.5) is 5.69 Å². The van der Waals surface area contributed by atoms with Crippen LogP contribution in [0.1, 0.15) is 85.2 Å². The van der Waals surface area contributed by atoms with Crippen molar-refractivity contribution in [1.29, 1.82) is 0 Å². The summed E-state index contributed by atoms with van der Waals surface area (Å²) in [5.41, 5.74) is 4.43. The first-order chi connectivity index (χ1) is 29.6. The standard InChI is InChI=1S/C8H7NS.C8H6O3S.C8H8O2S.2C7H6N2.5C2H6/c1-6-9-7-4-2-3-5-8(7)10-6;9-7-5-12(10,11)8-4-2-1-3-6(7)8;9-11(10)6-5-7-3-1-2-4-8(7)11;1-2-6-3-5-9-7(6)8-4-1;1-2-5-9-6-4-8-7(9)3-1;5*1-2/h2-5,9H,1H2;1-4H,5H2;1-4H,5-6H2;1-5H,(H,8,9);1-6H;5*1-2H3. The molecule has 328 valence electrons. The van der Waals surface area contributed by atoms with Gasteiger partial charge in [0, 0.05) is 46.8 Å². The number of aromatic nitrogens is 4. The number of hydrogen-bond acceptors (Lipinski definition) is 9. The summed E-state index contributed by atoms with van der Waals surface area (Å²) in [6.07, 6.45) is 10.0. The highest BCUT2D eigenvalue weighted by atomic mass is 32.2. The molecule has 0 bridgehead atoms. The molecule has 0 saturated heterocycles. The number of carbonyl (C=O) groups is 1. The average Bonchev–Trinajstić information content (AvgIpc) is 4.16. The number of H-pyrrole nitrogens is 1. The Morgan fingerprint density at radius 3 is 1.90 bits per heavy atom. The lowest BCUT2D eigenvalue weighted by Crippen LogP contribution is -2.03. The number of carbonyl (C=O) groups excluding carboxylic acids is 1. The number of Topliss-reactive ketones (excluding diaryl/α,β-unsaturated/α-hetero) is 1. The minimum atomic E-state index is -3.30. The third-order valence-electron chi connectivity index (χ3n) is 7.81. The lowest BCUT2D eigenvalue weighted by Gasteiger charge is -1.94. The van der Waals surface area contributed by atoms with Gasteiger partial charge < -0.3 is 14.7 Å². The van der Waals surface area contributed by atoms with Gasteiger partial charge in [-0.25, -0.2) is 26.8 Å². The van der Waals surface area contributed by atoms with E-state index < -0.39 is 19.7 Å². The Kier molecular flexibility index (Phi) is 25.3. The van der Waals surface area contributed by atoms with Gasteiger partial charge in [0.2, 0.25) is 0 Å². The zero-order valence-corrected chi connectivity index (χ0v) is 39.7. The summed E-state index contributed by atoms with van der Waals surface area (Å²) in [5, 5.41) is 5.35. The van der Waals surface area contributed by atoms with E-state index in [1.54, 1.807) is 54.5 Å². The van der Waals surface area contributed by atoms with Crippen LogP contribution in [0.2, 0.25) is 0 Å². The molecule has 61 heavy (non-hydrogen) atoms. The monoisotopic (exact) mass is 885 g/mol. The van der Waals surface area contributed by atoms with Crippen molar-refractivity contribution in [2.45, 2.75) is 90.3 Å². The highest BCUT2D eigenvalue weighted by molar-refractivity contribution is 8.03. The van der Waals surface area contributed by atoms with Crippen LogP contribution in [0.15, 0.2) is 166 Å². The first-order valence-corrected chi connectivity index (χ1v) is 24.9. The molecule has 7 heterocycles. The van der Waals surface area contributed by atoms with Gasteiger partial charge in [-0.3, -0.25) is 4.79 Å². The summed E-state index contributed by atoms with van der Waals surface area (Å²) in [6, 6.07) is 33.6. The summed E-state index contributed by atoms with van der Waals surface area (Å²) < 4.78 is 47.0. The molecular weight excluding hydrogens is 823 g/mol. The molecule has 7 aromatic rings. The number of sulfone groups is 2. The zero-order chi connectivity index (χ0) is 45.8. The van der Waals surface area contributed by atoms with Gasteiger partial charge in [0.15, 0.2) is 25.5 Å². The van der Waals surface area contributed by atoms with E-state index in [9.17, 15) is 21.6 Å². The molecule has 0 fully saturated rings. The number of aromatic amines is 1. The van der Waals surface area contributed by atoms with Gasteiger partial charge in [0.1, 0.15) is 17.0 Å². The van der Waals surface area contributed by atoms with Crippen LogP contribution >= 0.6 is 11.8 Å². The number of pyridine rings is 2. The molecule has 0 saturated carbocycles. The molecule has 3 aliphatic heterocycles. The third kappa shape index (κ3) is 16.1. The van der Waals surface area contributed by atoms with E-state index in [1.165, 1.54) is 16.6 Å². The lowest BCUT2D eigenvalue weighted by atomic mass is 10.2. The predicted molar refractivity (Wildman–Crippen MR) is 258 cm³/mol. The van der Waals surface area contributed by atoms with E-state index in [0.717, 1.165) is 27.3 Å². The fraction of sp³-hybridized carbons (Fsp3) is 0.271. The molecule has 4 aromatic heterocycles. The number of aryl methyl sites for hydroxylation is 1. The molecule has 0 atom stereocenters. The highest BCUT2D eigenvalue weighted by Gasteiger charge is 2.32. The smallest absolute Gasteiger partial charge is 0.186 e. The maximum absolute atomic E-state index is 11.3. The van der Waals surface area contributed by atoms with E-state index in [4.69, 9.17) is 0 Å². The number of benzene rings is 3. The number of thioether (sulfide) groups is 1. The van der Waals surface area contributed by atoms with Crippen molar-refractivity contribution in [3.8, 4) is 0 Å². The number of anilines is 1. The van der Waals surface area contributed by atoms with Gasteiger partial charge in [0.25, 0.3) is 0 Å². The van der Waals surface area contributed by atoms with Crippen LogP contribution < -0.4 is 5.32 Å². The molecule has 2 N–H and O–H groups in total. The van der Waals surface area contributed by atoms with E-state index in [1.807, 2.05) is 153 Å². The second-order valence-electron chi connectivity index (χ2n) is 11.3. The normalized spacial score (nSPS) is 13.2. The molecule has 0 amide bonds. The number of imidazole rings is 1. The Bertz CT molecular complexity index is 2410. The number of para-hydroxylation sites is 1. The molecule has 10 rings (SSSR count). The van der Waals surface area contributed by atoms with E-state index in [-0.39, 0.29) is 22.2 Å². The molecule has 0 unspecified atom stereocenters. The highest BCUT2D eigenvalue weighted by Crippen LogP contribution is 2.39. The van der Waals surface area contributed by atoms with Crippen LogP contribution in [0.3, 0.4) is 0 Å². The first kappa shape index (κ1) is 53.5. The second kappa shape index (κ2) is 28.9. The largest absolute Gasteiger partial charge is 0.350 e. The van der Waals surface area contributed by atoms with Gasteiger partial charge >= 0.3 is 0 Å². The predicted octanol–water partition coefficient (Wildman–Crippen LogP) is 12.4. The molecule has 3 aliphatic rings. The number of nitrogens with zero attached hydrogens (tertiary/aromatic N) is 3. The Morgan fingerprint density at radius 2 is 1.26 bits per heavy atom. The Balaban J connectivity index is 0.000000363. The molecule has 0 aliphatic carbocycles. The van der Waals surface area contributed by atoms with Crippen LogP contribution in [0.5, 0.6) is 0 Å². The SMILES string of the molecule is C=C1Nc2ccccc2S1.CC.CC.CC.CC.CC.O=C1CS(=O)(=O)c2ccccc21.O=S1(=O)CCc2ccccc21.c1ccn2ccnc2c1.c1cnc2[nH]ccc2c1. The van der Waals surface area contributed by atoms with Gasteiger partial charge in [0.05, 0.1) is 26.3 Å². The minimum Gasteiger partial charge on any atom is -0.350 e. The van der Waals surface area contributed by atoms with Crippen LogP contribution in [-0.2, 0) is 26.1 Å². The van der Waals surface area contributed by atoms with Gasteiger partial charge in [-0.2, -0.15) is 0 Å². The van der Waals surface area contributed by atoms with Crippen molar-refractivity contribution in [3.05, 3.63) is 163 Å². The van der Waals surface area contributed by atoms with Crippen molar-refractivity contribution < 1.29 is 21.6 Å². The molecule has 3 aromatic carbocycles. The van der Waals surface area contributed by atoms with E-state index >= 15 is 0 Å². The lowest BCUT2D eigenvalue weighted by molar-refractivity contribution is 0.102. The van der Waals surface area contributed by atoms with Crippen LogP contribution in [-0.4, -0.2) is 53.5 Å². The van der Waals surface area contributed by atoms with Crippen LogP contribution in [0, 0.1) is 0 Å². The Hall–Kier alpha value is -5.50. The summed E-state index contributed by atoms with van der Waals surface area (Å²) in [6.45, 7) is 23.8. The van der Waals surface area contributed by atoms with Crippen molar-refractivity contribution >= 4 is 59.6 Å². The molecule has 0 spiro atoms. The zero-order valence-electron chi connectivity index (χ0n) is 37.2. The summed E-state index contributed by atoms with van der Waals surface area (Å²) >= 11 is 1.69. The van der Waals surface area contributed by atoms with Gasteiger partial charge in [-0.1, -0.05) is 142 Å². The molecule has 0 radical (unpaired) electrons. The molecule has 10 nitrogen and oxygen atoms in total. The maximum atomic E-state index is 11.3.